The third kappa shape index (κ3) is 1.78. The second-order valence-corrected chi connectivity index (χ2v) is 4.33. The Kier molecular flexibility index (Phi) is 2.42. The summed E-state index contributed by atoms with van der Waals surface area (Å²) in [6.45, 7) is 2.65. The number of aromatic nitrogens is 1. The molecule has 70 valence electrons. The predicted molar refractivity (Wildman–Crippen MR) is 52.1 cm³/mol. The molecular weight excluding hydrogens is 184 g/mol. The van der Waals surface area contributed by atoms with Gasteiger partial charge in [0.25, 0.3) is 0 Å². The van der Waals surface area contributed by atoms with Gasteiger partial charge in [0.2, 0.25) is 0 Å². The smallest absolute Gasteiger partial charge is 0.171 e. The summed E-state index contributed by atoms with van der Waals surface area (Å²) in [5.41, 5.74) is 0. The van der Waals surface area contributed by atoms with E-state index in [4.69, 9.17) is 0 Å². The van der Waals surface area contributed by atoms with E-state index >= 15 is 0 Å². The van der Waals surface area contributed by atoms with Gasteiger partial charge in [-0.25, -0.2) is 4.98 Å². The van der Waals surface area contributed by atoms with E-state index in [0.29, 0.717) is 6.04 Å². The Hall–Kier alpha value is -0.740. The molecule has 0 amide bonds. The van der Waals surface area contributed by atoms with Crippen molar-refractivity contribution in [1.29, 1.82) is 0 Å². The third-order valence-electron chi connectivity index (χ3n) is 2.23. The Labute approximate surface area is 81.2 Å². The SMILES string of the molecule is CC(=O)c1cnc(C2CCCN2)s1. The maximum Gasteiger partial charge on any atom is 0.171 e. The first-order valence-corrected chi connectivity index (χ1v) is 5.29. The number of thiazole rings is 1. The van der Waals surface area contributed by atoms with Gasteiger partial charge in [-0.1, -0.05) is 0 Å². The lowest BCUT2D eigenvalue weighted by atomic mass is 10.2. The summed E-state index contributed by atoms with van der Waals surface area (Å²) in [7, 11) is 0. The minimum atomic E-state index is 0.113. The fourth-order valence-corrected chi connectivity index (χ4v) is 2.43. The highest BCUT2D eigenvalue weighted by molar-refractivity contribution is 7.13. The van der Waals surface area contributed by atoms with Crippen molar-refractivity contribution in [3.8, 4) is 0 Å². The number of rotatable bonds is 2. The lowest BCUT2D eigenvalue weighted by Crippen LogP contribution is -2.12. The maximum atomic E-state index is 11.0. The summed E-state index contributed by atoms with van der Waals surface area (Å²) in [5.74, 6) is 0.113. The number of hydrogen-bond acceptors (Lipinski definition) is 4. The molecule has 1 N–H and O–H groups in total. The van der Waals surface area contributed by atoms with Crippen LogP contribution < -0.4 is 5.32 Å². The molecule has 1 fully saturated rings. The topological polar surface area (TPSA) is 42.0 Å². The van der Waals surface area contributed by atoms with Gasteiger partial charge < -0.3 is 5.32 Å². The number of nitrogens with one attached hydrogen (secondary N) is 1. The van der Waals surface area contributed by atoms with E-state index in [1.165, 1.54) is 17.8 Å². The van der Waals surface area contributed by atoms with Crippen molar-refractivity contribution in [2.24, 2.45) is 0 Å². The predicted octanol–water partition coefficient (Wildman–Crippen LogP) is 1.77. The van der Waals surface area contributed by atoms with E-state index in [1.807, 2.05) is 0 Å². The van der Waals surface area contributed by atoms with Crippen LogP contribution in [-0.4, -0.2) is 17.3 Å². The number of carbonyl (C=O) groups excluding carboxylic acids is 1. The average molecular weight is 196 g/mol. The zero-order chi connectivity index (χ0) is 9.26. The van der Waals surface area contributed by atoms with Gasteiger partial charge >= 0.3 is 0 Å². The highest BCUT2D eigenvalue weighted by atomic mass is 32.1. The van der Waals surface area contributed by atoms with Crippen LogP contribution in [0.2, 0.25) is 0 Å². The molecule has 4 heteroatoms. The van der Waals surface area contributed by atoms with Crippen LogP contribution >= 0.6 is 11.3 Å². The van der Waals surface area contributed by atoms with Gasteiger partial charge in [0.1, 0.15) is 5.01 Å². The average Bonchev–Trinajstić information content (AvgIpc) is 2.75. The molecule has 3 nitrogen and oxygen atoms in total. The minimum Gasteiger partial charge on any atom is -0.308 e. The Morgan fingerprint density at radius 3 is 3.15 bits per heavy atom. The largest absolute Gasteiger partial charge is 0.308 e. The number of carbonyl (C=O) groups is 1. The van der Waals surface area contributed by atoms with Crippen molar-refractivity contribution in [2.45, 2.75) is 25.8 Å². The molecule has 1 atom stereocenters. The molecule has 1 unspecified atom stereocenters. The van der Waals surface area contributed by atoms with Gasteiger partial charge in [0.05, 0.1) is 10.9 Å². The summed E-state index contributed by atoms with van der Waals surface area (Å²) in [6, 6.07) is 0.387. The molecule has 1 aliphatic heterocycles. The van der Waals surface area contributed by atoms with E-state index in [9.17, 15) is 4.79 Å². The number of nitrogens with zero attached hydrogens (tertiary/aromatic N) is 1. The summed E-state index contributed by atoms with van der Waals surface area (Å²) >= 11 is 1.52. The Morgan fingerprint density at radius 1 is 1.77 bits per heavy atom. The first kappa shape index (κ1) is 8.84. The molecule has 13 heavy (non-hydrogen) atoms. The fourth-order valence-electron chi connectivity index (χ4n) is 1.51. The zero-order valence-electron chi connectivity index (χ0n) is 7.54. The Bertz CT molecular complexity index is 315. The van der Waals surface area contributed by atoms with Crippen LogP contribution in [0.1, 0.15) is 40.5 Å². The Morgan fingerprint density at radius 2 is 2.62 bits per heavy atom. The summed E-state index contributed by atoms with van der Waals surface area (Å²) in [5, 5.41) is 4.42. The van der Waals surface area contributed by atoms with Crippen molar-refractivity contribution in [3.05, 3.63) is 16.1 Å². The first-order chi connectivity index (χ1) is 6.27. The van der Waals surface area contributed by atoms with E-state index < -0.39 is 0 Å². The summed E-state index contributed by atoms with van der Waals surface area (Å²) in [6.07, 6.45) is 4.03. The van der Waals surface area contributed by atoms with Crippen LogP contribution in [0.15, 0.2) is 6.20 Å². The molecule has 0 spiro atoms. The molecule has 1 aromatic rings. The van der Waals surface area contributed by atoms with Crippen LogP contribution in [-0.2, 0) is 0 Å². The lowest BCUT2D eigenvalue weighted by Gasteiger charge is -2.03. The van der Waals surface area contributed by atoms with Crippen LogP contribution in [0.25, 0.3) is 0 Å². The zero-order valence-corrected chi connectivity index (χ0v) is 8.36. The van der Waals surface area contributed by atoms with E-state index in [0.717, 1.165) is 22.9 Å². The van der Waals surface area contributed by atoms with Crippen molar-refractivity contribution in [2.75, 3.05) is 6.54 Å². The van der Waals surface area contributed by atoms with Gasteiger partial charge in [0.15, 0.2) is 5.78 Å². The standard InChI is InChI=1S/C9H12N2OS/c1-6(12)8-5-11-9(13-8)7-3-2-4-10-7/h5,7,10H,2-4H2,1H3. The summed E-state index contributed by atoms with van der Waals surface area (Å²) in [4.78, 5) is 16.0. The molecular formula is C9H12N2OS. The van der Waals surface area contributed by atoms with Gasteiger partial charge in [0, 0.05) is 13.1 Å². The van der Waals surface area contributed by atoms with Gasteiger partial charge in [-0.2, -0.15) is 0 Å². The van der Waals surface area contributed by atoms with Gasteiger partial charge in [-0.15, -0.1) is 11.3 Å². The molecule has 0 bridgehead atoms. The molecule has 0 radical (unpaired) electrons. The normalized spacial score (nSPS) is 22.1. The second-order valence-electron chi connectivity index (χ2n) is 3.27. The molecule has 0 saturated carbocycles. The number of hydrogen-bond donors (Lipinski definition) is 1. The molecule has 1 aliphatic rings. The molecule has 2 heterocycles. The molecule has 1 saturated heterocycles. The number of ketones is 1. The molecule has 0 aliphatic carbocycles. The van der Waals surface area contributed by atoms with Crippen molar-refractivity contribution in [1.82, 2.24) is 10.3 Å². The minimum absolute atomic E-state index is 0.113. The van der Waals surface area contributed by atoms with Crippen LogP contribution in [0.4, 0.5) is 0 Å². The Balaban J connectivity index is 2.16. The van der Waals surface area contributed by atoms with E-state index in [-0.39, 0.29) is 5.78 Å². The number of Topliss-reactive ketones (excluding diaryl/α,β-unsaturated/α-hetero) is 1. The quantitative estimate of drug-likeness (QED) is 0.733. The van der Waals surface area contributed by atoms with E-state index in [2.05, 4.69) is 10.3 Å². The molecule has 2 rings (SSSR count). The van der Waals surface area contributed by atoms with Gasteiger partial charge in [-0.05, 0) is 19.4 Å². The molecule has 1 aromatic heterocycles. The van der Waals surface area contributed by atoms with Crippen molar-refractivity contribution < 1.29 is 4.79 Å². The maximum absolute atomic E-state index is 11.0. The summed E-state index contributed by atoms with van der Waals surface area (Å²) < 4.78 is 0. The third-order valence-corrected chi connectivity index (χ3v) is 3.44. The molecule has 0 aromatic carbocycles. The van der Waals surface area contributed by atoms with Crippen molar-refractivity contribution >= 4 is 17.1 Å². The monoisotopic (exact) mass is 196 g/mol. The van der Waals surface area contributed by atoms with Crippen molar-refractivity contribution in [3.63, 3.8) is 0 Å². The van der Waals surface area contributed by atoms with Gasteiger partial charge in [-0.3, -0.25) is 4.79 Å². The lowest BCUT2D eigenvalue weighted by molar-refractivity contribution is 0.102. The van der Waals surface area contributed by atoms with Crippen LogP contribution in [0.3, 0.4) is 0 Å². The van der Waals surface area contributed by atoms with Crippen LogP contribution in [0.5, 0.6) is 0 Å². The highest BCUT2D eigenvalue weighted by Gasteiger charge is 2.19. The first-order valence-electron chi connectivity index (χ1n) is 4.47. The van der Waals surface area contributed by atoms with Crippen LogP contribution in [0, 0.1) is 0 Å². The fraction of sp³-hybridized carbons (Fsp3) is 0.556. The second kappa shape index (κ2) is 3.55. The highest BCUT2D eigenvalue weighted by Crippen LogP contribution is 2.26. The van der Waals surface area contributed by atoms with E-state index in [1.54, 1.807) is 13.1 Å².